The van der Waals surface area contributed by atoms with E-state index < -0.39 is 5.60 Å². The van der Waals surface area contributed by atoms with Gasteiger partial charge in [-0.1, -0.05) is 20.8 Å². The summed E-state index contributed by atoms with van der Waals surface area (Å²) in [6.07, 6.45) is 7.37. The van der Waals surface area contributed by atoms with Gasteiger partial charge in [-0.25, -0.2) is 4.98 Å². The van der Waals surface area contributed by atoms with Gasteiger partial charge in [0.25, 0.3) is 0 Å². The summed E-state index contributed by atoms with van der Waals surface area (Å²) >= 11 is 0. The topological polar surface area (TPSA) is 50.9 Å². The molecule has 4 heteroatoms. The molecule has 1 aromatic heterocycles. The Kier molecular flexibility index (Phi) is 4.61. The number of aromatic nitrogens is 3. The van der Waals surface area contributed by atoms with Gasteiger partial charge in [-0.05, 0) is 43.9 Å². The SMILES string of the molecule is CCCn1ncnc1CC1(O)CCC(C(C)C)CC1. The van der Waals surface area contributed by atoms with E-state index in [1.807, 2.05) is 4.68 Å². The Morgan fingerprint density at radius 3 is 2.68 bits per heavy atom. The van der Waals surface area contributed by atoms with E-state index in [2.05, 4.69) is 30.9 Å². The first kappa shape index (κ1) is 14.5. The first-order valence-electron chi connectivity index (χ1n) is 7.63. The Bertz CT molecular complexity index is 392. The van der Waals surface area contributed by atoms with Crippen molar-refractivity contribution < 1.29 is 5.11 Å². The molecule has 1 aliphatic rings. The number of hydrogen-bond donors (Lipinski definition) is 1. The second kappa shape index (κ2) is 6.04. The summed E-state index contributed by atoms with van der Waals surface area (Å²) in [5.41, 5.74) is -0.566. The third-order valence-electron chi connectivity index (χ3n) is 4.52. The Hall–Kier alpha value is -0.900. The Balaban J connectivity index is 1.97. The van der Waals surface area contributed by atoms with Crippen molar-refractivity contribution in [3.8, 4) is 0 Å². The van der Waals surface area contributed by atoms with Crippen LogP contribution in [-0.2, 0) is 13.0 Å². The van der Waals surface area contributed by atoms with Crippen molar-refractivity contribution in [2.75, 3.05) is 0 Å². The van der Waals surface area contributed by atoms with Gasteiger partial charge in [0.15, 0.2) is 0 Å². The summed E-state index contributed by atoms with van der Waals surface area (Å²) in [5.74, 6) is 2.44. The third kappa shape index (κ3) is 3.56. The van der Waals surface area contributed by atoms with E-state index in [4.69, 9.17) is 0 Å². The fourth-order valence-corrected chi connectivity index (χ4v) is 3.14. The lowest BCUT2D eigenvalue weighted by molar-refractivity contribution is -0.0169. The van der Waals surface area contributed by atoms with E-state index >= 15 is 0 Å². The molecule has 1 fully saturated rings. The normalized spacial score (nSPS) is 27.9. The van der Waals surface area contributed by atoms with Gasteiger partial charge in [-0.15, -0.1) is 0 Å². The Morgan fingerprint density at radius 1 is 1.42 bits per heavy atom. The van der Waals surface area contributed by atoms with Crippen molar-refractivity contribution in [2.45, 2.75) is 71.4 Å². The molecule has 0 atom stereocenters. The van der Waals surface area contributed by atoms with Crippen LogP contribution >= 0.6 is 0 Å². The summed E-state index contributed by atoms with van der Waals surface area (Å²) in [5, 5.41) is 15.0. The van der Waals surface area contributed by atoms with E-state index in [-0.39, 0.29) is 0 Å². The second-order valence-electron chi connectivity index (χ2n) is 6.38. The van der Waals surface area contributed by atoms with E-state index in [1.165, 1.54) is 0 Å². The molecule has 0 amide bonds. The molecule has 0 aromatic carbocycles. The molecule has 108 valence electrons. The van der Waals surface area contributed by atoms with Crippen LogP contribution in [0.2, 0.25) is 0 Å². The highest BCUT2D eigenvalue weighted by Gasteiger charge is 2.35. The van der Waals surface area contributed by atoms with Crippen molar-refractivity contribution in [2.24, 2.45) is 11.8 Å². The molecule has 2 rings (SSSR count). The predicted molar refractivity (Wildman–Crippen MR) is 75.8 cm³/mol. The molecule has 1 aromatic rings. The average molecular weight is 265 g/mol. The first-order chi connectivity index (χ1) is 9.04. The highest BCUT2D eigenvalue weighted by Crippen LogP contribution is 2.37. The van der Waals surface area contributed by atoms with Gasteiger partial charge in [-0.2, -0.15) is 5.10 Å². The smallest absolute Gasteiger partial charge is 0.138 e. The molecule has 1 heterocycles. The molecule has 0 aliphatic heterocycles. The monoisotopic (exact) mass is 265 g/mol. The minimum atomic E-state index is -0.566. The van der Waals surface area contributed by atoms with Gasteiger partial charge in [0.1, 0.15) is 12.2 Å². The van der Waals surface area contributed by atoms with Crippen LogP contribution in [0.3, 0.4) is 0 Å². The van der Waals surface area contributed by atoms with Crippen LogP contribution in [0.4, 0.5) is 0 Å². The average Bonchev–Trinajstić information content (AvgIpc) is 2.77. The standard InChI is InChI=1S/C15H27N3O/c1-4-9-18-14(16-11-17-18)10-15(19)7-5-13(6-8-15)12(2)3/h11-13,19H,4-10H2,1-3H3. The molecule has 0 spiro atoms. The fraction of sp³-hybridized carbons (Fsp3) is 0.867. The lowest BCUT2D eigenvalue weighted by atomic mass is 9.73. The number of aliphatic hydroxyl groups is 1. The second-order valence-corrected chi connectivity index (χ2v) is 6.38. The van der Waals surface area contributed by atoms with Crippen LogP contribution in [0.5, 0.6) is 0 Å². The molecule has 4 nitrogen and oxygen atoms in total. The number of nitrogens with zero attached hydrogens (tertiary/aromatic N) is 3. The maximum absolute atomic E-state index is 10.8. The summed E-state index contributed by atoms with van der Waals surface area (Å²) < 4.78 is 1.94. The zero-order valence-corrected chi connectivity index (χ0v) is 12.5. The number of hydrogen-bond acceptors (Lipinski definition) is 3. The van der Waals surface area contributed by atoms with Crippen molar-refractivity contribution >= 4 is 0 Å². The number of rotatable bonds is 5. The molecular weight excluding hydrogens is 238 g/mol. The van der Waals surface area contributed by atoms with Crippen LogP contribution in [0.25, 0.3) is 0 Å². The minimum Gasteiger partial charge on any atom is -0.389 e. The van der Waals surface area contributed by atoms with Crippen LogP contribution < -0.4 is 0 Å². The van der Waals surface area contributed by atoms with Gasteiger partial charge in [0, 0.05) is 13.0 Å². The van der Waals surface area contributed by atoms with Gasteiger partial charge in [0.2, 0.25) is 0 Å². The van der Waals surface area contributed by atoms with Gasteiger partial charge in [-0.3, -0.25) is 4.68 Å². The highest BCUT2D eigenvalue weighted by atomic mass is 16.3. The molecular formula is C15H27N3O. The van der Waals surface area contributed by atoms with Crippen LogP contribution in [-0.4, -0.2) is 25.5 Å². The van der Waals surface area contributed by atoms with Crippen LogP contribution in [0.15, 0.2) is 6.33 Å². The largest absolute Gasteiger partial charge is 0.389 e. The first-order valence-corrected chi connectivity index (χ1v) is 7.63. The quantitative estimate of drug-likeness (QED) is 0.890. The molecule has 1 saturated carbocycles. The molecule has 1 aliphatic carbocycles. The van der Waals surface area contributed by atoms with E-state index in [1.54, 1.807) is 6.33 Å². The van der Waals surface area contributed by atoms with Crippen LogP contribution in [0, 0.1) is 11.8 Å². The molecule has 0 bridgehead atoms. The fourth-order valence-electron chi connectivity index (χ4n) is 3.14. The lowest BCUT2D eigenvalue weighted by Crippen LogP contribution is -2.38. The zero-order valence-electron chi connectivity index (χ0n) is 12.5. The molecule has 0 radical (unpaired) electrons. The van der Waals surface area contributed by atoms with Gasteiger partial charge >= 0.3 is 0 Å². The van der Waals surface area contributed by atoms with Gasteiger partial charge in [0.05, 0.1) is 5.60 Å². The lowest BCUT2D eigenvalue weighted by Gasteiger charge is -2.37. The van der Waals surface area contributed by atoms with Crippen molar-refractivity contribution in [3.05, 3.63) is 12.2 Å². The Labute approximate surface area is 116 Å². The maximum Gasteiger partial charge on any atom is 0.138 e. The van der Waals surface area contributed by atoms with Crippen LogP contribution in [0.1, 0.15) is 58.7 Å². The Morgan fingerprint density at radius 2 is 2.11 bits per heavy atom. The summed E-state index contributed by atoms with van der Waals surface area (Å²) in [4.78, 5) is 4.32. The van der Waals surface area contributed by atoms with E-state index in [0.29, 0.717) is 6.42 Å². The minimum absolute atomic E-state index is 0.566. The predicted octanol–water partition coefficient (Wildman–Crippen LogP) is 2.81. The van der Waals surface area contributed by atoms with Crippen molar-refractivity contribution in [1.29, 1.82) is 0 Å². The van der Waals surface area contributed by atoms with Crippen molar-refractivity contribution in [1.82, 2.24) is 14.8 Å². The summed E-state index contributed by atoms with van der Waals surface area (Å²) in [6.45, 7) is 7.59. The zero-order chi connectivity index (χ0) is 13.9. The van der Waals surface area contributed by atoms with Gasteiger partial charge < -0.3 is 5.11 Å². The molecule has 0 unspecified atom stereocenters. The van der Waals surface area contributed by atoms with Crippen molar-refractivity contribution in [3.63, 3.8) is 0 Å². The highest BCUT2D eigenvalue weighted by molar-refractivity contribution is 4.97. The molecule has 0 saturated heterocycles. The van der Waals surface area contributed by atoms with E-state index in [9.17, 15) is 5.11 Å². The summed E-state index contributed by atoms with van der Waals surface area (Å²) in [6, 6.07) is 0. The number of aryl methyl sites for hydroxylation is 1. The maximum atomic E-state index is 10.8. The third-order valence-corrected chi connectivity index (χ3v) is 4.52. The molecule has 19 heavy (non-hydrogen) atoms. The molecule has 1 N–H and O–H groups in total. The summed E-state index contributed by atoms with van der Waals surface area (Å²) in [7, 11) is 0. The van der Waals surface area contributed by atoms with E-state index in [0.717, 1.165) is 56.3 Å².